The SMILES string of the molecule is COC(=O)c1ccc([C@@H]2/C(=C(\O)c3ccc(OC)c(C)c3)C(=O)C(=O)N2c2nc3ccc(C)cc3s2)cc1. The Morgan fingerprint density at radius 3 is 2.34 bits per heavy atom. The summed E-state index contributed by atoms with van der Waals surface area (Å²) >= 11 is 1.29. The maximum Gasteiger partial charge on any atom is 0.337 e. The van der Waals surface area contributed by atoms with Gasteiger partial charge in [0.25, 0.3) is 5.78 Å². The fraction of sp³-hybridized carbons (Fsp3) is 0.172. The van der Waals surface area contributed by atoms with Gasteiger partial charge < -0.3 is 14.6 Å². The first kappa shape index (κ1) is 25.2. The Morgan fingerprint density at radius 2 is 1.68 bits per heavy atom. The third-order valence-corrected chi connectivity index (χ3v) is 7.52. The van der Waals surface area contributed by atoms with E-state index in [9.17, 15) is 19.5 Å². The predicted octanol–water partition coefficient (Wildman–Crippen LogP) is 5.33. The number of methoxy groups -OCH3 is 2. The largest absolute Gasteiger partial charge is 0.507 e. The molecule has 0 radical (unpaired) electrons. The average molecular weight is 529 g/mol. The van der Waals surface area contributed by atoms with Crippen LogP contribution in [-0.4, -0.2) is 42.0 Å². The maximum absolute atomic E-state index is 13.5. The summed E-state index contributed by atoms with van der Waals surface area (Å²) in [5, 5.41) is 11.7. The molecule has 1 aromatic heterocycles. The number of nitrogens with zero attached hydrogens (tertiary/aromatic N) is 2. The number of fused-ring (bicyclic) bond motifs is 1. The van der Waals surface area contributed by atoms with Gasteiger partial charge in [-0.25, -0.2) is 9.78 Å². The molecule has 9 heteroatoms. The van der Waals surface area contributed by atoms with Crippen molar-refractivity contribution in [1.82, 2.24) is 4.98 Å². The Kier molecular flexibility index (Phi) is 6.46. The molecule has 0 aliphatic carbocycles. The van der Waals surface area contributed by atoms with Gasteiger partial charge in [0.05, 0.1) is 41.6 Å². The summed E-state index contributed by atoms with van der Waals surface area (Å²) in [4.78, 5) is 44.9. The van der Waals surface area contributed by atoms with Crippen molar-refractivity contribution >= 4 is 50.1 Å². The Hall–Kier alpha value is -4.50. The van der Waals surface area contributed by atoms with Crippen LogP contribution in [0, 0.1) is 13.8 Å². The normalized spacial score (nSPS) is 16.7. The molecule has 2 heterocycles. The number of anilines is 1. The second kappa shape index (κ2) is 9.75. The number of rotatable bonds is 5. The molecule has 0 spiro atoms. The summed E-state index contributed by atoms with van der Waals surface area (Å²) in [7, 11) is 2.84. The Bertz CT molecular complexity index is 1640. The zero-order chi connectivity index (χ0) is 27.1. The molecule has 0 bridgehead atoms. The summed E-state index contributed by atoms with van der Waals surface area (Å²) in [6.07, 6.45) is 0. The number of aliphatic hydroxyl groups is 1. The van der Waals surface area contributed by atoms with Crippen molar-refractivity contribution in [2.45, 2.75) is 19.9 Å². The van der Waals surface area contributed by atoms with Crippen molar-refractivity contribution in [2.24, 2.45) is 0 Å². The number of hydrogen-bond acceptors (Lipinski definition) is 8. The van der Waals surface area contributed by atoms with Gasteiger partial charge in [-0.05, 0) is 73.0 Å². The molecule has 1 saturated heterocycles. The minimum Gasteiger partial charge on any atom is -0.507 e. The number of aryl methyl sites for hydroxylation is 2. The van der Waals surface area contributed by atoms with Crippen LogP contribution in [0.25, 0.3) is 16.0 Å². The third-order valence-electron chi connectivity index (χ3n) is 6.50. The van der Waals surface area contributed by atoms with Gasteiger partial charge in [-0.2, -0.15) is 0 Å². The highest BCUT2D eigenvalue weighted by Gasteiger charge is 2.48. The predicted molar refractivity (Wildman–Crippen MR) is 145 cm³/mol. The van der Waals surface area contributed by atoms with Crippen LogP contribution in [0.15, 0.2) is 66.2 Å². The fourth-order valence-electron chi connectivity index (χ4n) is 4.57. The van der Waals surface area contributed by atoms with E-state index in [0.717, 1.165) is 15.8 Å². The van der Waals surface area contributed by atoms with Gasteiger partial charge in [0.1, 0.15) is 11.5 Å². The lowest BCUT2D eigenvalue weighted by Crippen LogP contribution is -2.29. The number of amides is 1. The number of ketones is 1. The molecule has 8 nitrogen and oxygen atoms in total. The summed E-state index contributed by atoms with van der Waals surface area (Å²) < 4.78 is 11.0. The maximum atomic E-state index is 13.5. The van der Waals surface area contributed by atoms with Gasteiger partial charge in [0, 0.05) is 5.56 Å². The van der Waals surface area contributed by atoms with Gasteiger partial charge in [0.15, 0.2) is 5.13 Å². The number of ether oxygens (including phenoxy) is 2. The summed E-state index contributed by atoms with van der Waals surface area (Å²) in [6, 6.07) is 16.2. The van der Waals surface area contributed by atoms with Crippen molar-refractivity contribution in [2.75, 3.05) is 19.1 Å². The molecule has 192 valence electrons. The van der Waals surface area contributed by atoms with Crippen molar-refractivity contribution in [3.63, 3.8) is 0 Å². The number of Topliss-reactive ketones (excluding diaryl/α,β-unsaturated/α-hetero) is 1. The monoisotopic (exact) mass is 528 g/mol. The molecule has 1 N–H and O–H groups in total. The molecule has 1 atom stereocenters. The van der Waals surface area contributed by atoms with Gasteiger partial charge in [-0.3, -0.25) is 14.5 Å². The third kappa shape index (κ3) is 4.20. The van der Waals surface area contributed by atoms with Gasteiger partial charge in [0.2, 0.25) is 0 Å². The Labute approximate surface area is 222 Å². The van der Waals surface area contributed by atoms with Gasteiger partial charge in [-0.1, -0.05) is 29.5 Å². The van der Waals surface area contributed by atoms with Crippen LogP contribution >= 0.6 is 11.3 Å². The lowest BCUT2D eigenvalue weighted by molar-refractivity contribution is -0.132. The van der Waals surface area contributed by atoms with Crippen LogP contribution < -0.4 is 9.64 Å². The van der Waals surface area contributed by atoms with Crippen molar-refractivity contribution in [3.05, 3.63) is 94.1 Å². The minimum atomic E-state index is -0.967. The Morgan fingerprint density at radius 1 is 0.974 bits per heavy atom. The van der Waals surface area contributed by atoms with E-state index in [2.05, 4.69) is 4.98 Å². The lowest BCUT2D eigenvalue weighted by Gasteiger charge is -2.23. The van der Waals surface area contributed by atoms with Crippen molar-refractivity contribution in [1.29, 1.82) is 0 Å². The fourth-order valence-corrected chi connectivity index (χ4v) is 5.66. The standard InChI is InChI=1S/C29H24N2O6S/c1-15-5-11-20-22(13-15)38-29(30-20)31-24(17-6-8-18(9-7-17)28(35)37-4)23(26(33)27(31)34)25(32)19-10-12-21(36-3)16(2)14-19/h5-14,24,32H,1-4H3/b25-23+/t24-/m1/s1. The number of benzene rings is 3. The quantitative estimate of drug-likeness (QED) is 0.161. The van der Waals surface area contributed by atoms with Crippen LogP contribution in [0.5, 0.6) is 5.75 Å². The molecular weight excluding hydrogens is 504 g/mol. The van der Waals surface area contributed by atoms with E-state index in [-0.39, 0.29) is 11.3 Å². The van der Waals surface area contributed by atoms with E-state index < -0.39 is 23.7 Å². The number of aliphatic hydroxyl groups excluding tert-OH is 1. The minimum absolute atomic E-state index is 0.0687. The molecule has 5 rings (SSSR count). The van der Waals surface area contributed by atoms with E-state index >= 15 is 0 Å². The first-order valence-corrected chi connectivity index (χ1v) is 12.6. The second-order valence-electron chi connectivity index (χ2n) is 8.93. The molecule has 38 heavy (non-hydrogen) atoms. The molecular formula is C29H24N2O6S. The first-order chi connectivity index (χ1) is 18.2. The number of esters is 1. The topological polar surface area (TPSA) is 106 Å². The van der Waals surface area contributed by atoms with Crippen LogP contribution in [0.1, 0.15) is 38.7 Å². The van der Waals surface area contributed by atoms with Crippen LogP contribution in [0.4, 0.5) is 5.13 Å². The molecule has 1 fully saturated rings. The molecule has 0 unspecified atom stereocenters. The molecule has 0 saturated carbocycles. The zero-order valence-electron chi connectivity index (χ0n) is 21.1. The van der Waals surface area contributed by atoms with E-state index in [4.69, 9.17) is 9.47 Å². The van der Waals surface area contributed by atoms with Gasteiger partial charge >= 0.3 is 11.9 Å². The van der Waals surface area contributed by atoms with Crippen LogP contribution in [0.3, 0.4) is 0 Å². The summed E-state index contributed by atoms with van der Waals surface area (Å²) in [5.74, 6) is -1.82. The number of hydrogen-bond donors (Lipinski definition) is 1. The zero-order valence-corrected chi connectivity index (χ0v) is 22.0. The number of carbonyl (C=O) groups excluding carboxylic acids is 3. The van der Waals surface area contributed by atoms with Crippen molar-refractivity contribution in [3.8, 4) is 5.75 Å². The number of thiazole rings is 1. The van der Waals surface area contributed by atoms with E-state index in [1.165, 1.54) is 23.3 Å². The average Bonchev–Trinajstić information content (AvgIpc) is 3.45. The Balaban J connectivity index is 1.71. The molecule has 1 aliphatic heterocycles. The molecule has 4 aromatic rings. The highest BCUT2D eigenvalue weighted by Crippen LogP contribution is 2.44. The highest BCUT2D eigenvalue weighted by molar-refractivity contribution is 7.22. The number of aromatic nitrogens is 1. The van der Waals surface area contributed by atoms with E-state index in [1.807, 2.05) is 32.0 Å². The van der Waals surface area contributed by atoms with Gasteiger partial charge in [-0.15, -0.1) is 0 Å². The number of carbonyl (C=O) groups is 3. The van der Waals surface area contributed by atoms with E-state index in [1.54, 1.807) is 49.6 Å². The van der Waals surface area contributed by atoms with Crippen LogP contribution in [-0.2, 0) is 14.3 Å². The lowest BCUT2D eigenvalue weighted by atomic mass is 9.94. The highest BCUT2D eigenvalue weighted by atomic mass is 32.1. The second-order valence-corrected chi connectivity index (χ2v) is 9.94. The molecule has 3 aromatic carbocycles. The van der Waals surface area contributed by atoms with E-state index in [0.29, 0.717) is 33.1 Å². The molecule has 1 aliphatic rings. The first-order valence-electron chi connectivity index (χ1n) is 11.7. The summed E-state index contributed by atoms with van der Waals surface area (Å²) in [5.41, 5.74) is 3.64. The van der Waals surface area contributed by atoms with Crippen molar-refractivity contribution < 1.29 is 29.0 Å². The smallest absolute Gasteiger partial charge is 0.337 e. The van der Waals surface area contributed by atoms with Crippen LogP contribution in [0.2, 0.25) is 0 Å². The molecule has 1 amide bonds. The summed E-state index contributed by atoms with van der Waals surface area (Å²) in [6.45, 7) is 3.78.